The average molecular weight is 607 g/mol. The third-order valence-electron chi connectivity index (χ3n) is 7.60. The highest BCUT2D eigenvalue weighted by atomic mass is 16.5. The Kier molecular flexibility index (Phi) is 9.90. The molecule has 11 nitrogen and oxygen atoms in total. The lowest BCUT2D eigenvalue weighted by molar-refractivity contribution is -0.111. The van der Waals surface area contributed by atoms with E-state index in [9.17, 15) is 9.59 Å². The first-order valence-electron chi connectivity index (χ1n) is 14.7. The fourth-order valence-corrected chi connectivity index (χ4v) is 5.06. The van der Waals surface area contributed by atoms with E-state index >= 15 is 0 Å². The van der Waals surface area contributed by atoms with Gasteiger partial charge in [0.2, 0.25) is 5.91 Å². The minimum Gasteiger partial charge on any atom is -0.494 e. The molecule has 232 valence electrons. The van der Waals surface area contributed by atoms with Crippen LogP contribution in [0.25, 0.3) is 0 Å². The van der Waals surface area contributed by atoms with Crippen LogP contribution in [0.3, 0.4) is 0 Å². The Morgan fingerprint density at radius 3 is 2.49 bits per heavy atom. The minimum atomic E-state index is -0.405. The van der Waals surface area contributed by atoms with E-state index in [0.29, 0.717) is 28.8 Å². The molecule has 4 aromatic rings. The van der Waals surface area contributed by atoms with E-state index < -0.39 is 6.03 Å². The van der Waals surface area contributed by atoms with Crippen LogP contribution in [0.15, 0.2) is 97.8 Å². The number of rotatable bonds is 10. The van der Waals surface area contributed by atoms with Gasteiger partial charge in [0.15, 0.2) is 0 Å². The molecule has 0 bridgehead atoms. The molecule has 1 fully saturated rings. The third kappa shape index (κ3) is 7.76. The van der Waals surface area contributed by atoms with Crippen molar-refractivity contribution >= 4 is 46.3 Å². The fourth-order valence-electron chi connectivity index (χ4n) is 5.06. The highest BCUT2D eigenvalue weighted by Crippen LogP contribution is 2.34. The van der Waals surface area contributed by atoms with Gasteiger partial charge in [0, 0.05) is 49.7 Å². The van der Waals surface area contributed by atoms with Gasteiger partial charge in [-0.25, -0.2) is 19.7 Å². The molecule has 0 saturated carbocycles. The van der Waals surface area contributed by atoms with Crippen LogP contribution in [0.1, 0.15) is 18.5 Å². The molecule has 0 radical (unpaired) electrons. The van der Waals surface area contributed by atoms with Crippen molar-refractivity contribution in [2.45, 2.75) is 13.0 Å². The molecule has 3 N–H and O–H groups in total. The maximum Gasteiger partial charge on any atom is 0.328 e. The number of likely N-dealkylation sites (N-methyl/N-ethyl adjacent to an activating group) is 1. The molecule has 0 spiro atoms. The van der Waals surface area contributed by atoms with Crippen LogP contribution in [0.4, 0.5) is 39.2 Å². The highest BCUT2D eigenvalue weighted by molar-refractivity contribution is 6.02. The molecule has 1 aliphatic heterocycles. The van der Waals surface area contributed by atoms with Crippen LogP contribution in [-0.4, -0.2) is 67.1 Å². The monoisotopic (exact) mass is 606 g/mol. The van der Waals surface area contributed by atoms with E-state index in [1.165, 1.54) is 17.3 Å². The van der Waals surface area contributed by atoms with Crippen molar-refractivity contribution in [1.29, 1.82) is 0 Å². The maximum absolute atomic E-state index is 13.9. The number of methoxy groups -OCH3 is 1. The molecule has 0 unspecified atom stereocenters. The second kappa shape index (κ2) is 14.4. The Morgan fingerprint density at radius 2 is 1.76 bits per heavy atom. The Labute approximate surface area is 263 Å². The molecule has 1 saturated heterocycles. The summed E-state index contributed by atoms with van der Waals surface area (Å²) in [5.41, 5.74) is 3.77. The minimum absolute atomic E-state index is 0.285. The zero-order valence-electron chi connectivity index (χ0n) is 25.7. The molecule has 0 aliphatic carbocycles. The van der Waals surface area contributed by atoms with Crippen molar-refractivity contribution in [2.24, 2.45) is 0 Å². The number of ether oxygens (including phenoxy) is 1. The number of carbonyl (C=O) groups is 2. The van der Waals surface area contributed by atoms with Crippen molar-refractivity contribution in [3.8, 4) is 5.75 Å². The van der Waals surface area contributed by atoms with E-state index in [4.69, 9.17) is 4.74 Å². The summed E-state index contributed by atoms with van der Waals surface area (Å²) in [5, 5.41) is 9.15. The van der Waals surface area contributed by atoms with Gasteiger partial charge in [-0.05, 0) is 55.9 Å². The Hall–Kier alpha value is -5.42. The van der Waals surface area contributed by atoms with E-state index in [2.05, 4.69) is 55.4 Å². The molecule has 3 aromatic carbocycles. The molecule has 11 heteroatoms. The first-order valence-corrected chi connectivity index (χ1v) is 14.7. The number of nitrogens with zero attached hydrogens (tertiary/aromatic N) is 5. The summed E-state index contributed by atoms with van der Waals surface area (Å²) in [5.74, 6) is 1.10. The van der Waals surface area contributed by atoms with E-state index in [0.717, 1.165) is 43.1 Å². The van der Waals surface area contributed by atoms with Crippen LogP contribution in [-0.2, 0) is 4.79 Å². The lowest BCUT2D eigenvalue weighted by Gasteiger charge is -2.34. The Balaban J connectivity index is 1.44. The van der Waals surface area contributed by atoms with Crippen LogP contribution < -0.4 is 30.5 Å². The number of hydrogen-bond donors (Lipinski definition) is 3. The number of carbonyl (C=O) groups excluding carboxylic acids is 2. The number of hydrogen-bond acceptors (Lipinski definition) is 8. The zero-order chi connectivity index (χ0) is 31.8. The summed E-state index contributed by atoms with van der Waals surface area (Å²) < 4.78 is 5.74. The number of piperazine rings is 1. The second-order valence-electron chi connectivity index (χ2n) is 10.7. The van der Waals surface area contributed by atoms with E-state index in [1.807, 2.05) is 49.4 Å². The first kappa shape index (κ1) is 31.0. The molecule has 1 aromatic heterocycles. The fraction of sp³-hybridized carbons (Fsp3) is 0.235. The van der Waals surface area contributed by atoms with Crippen molar-refractivity contribution in [1.82, 2.24) is 20.2 Å². The first-order chi connectivity index (χ1) is 21.8. The summed E-state index contributed by atoms with van der Waals surface area (Å²) >= 11 is 0. The molecule has 2 heterocycles. The van der Waals surface area contributed by atoms with Crippen molar-refractivity contribution in [3.05, 3.63) is 103 Å². The zero-order valence-corrected chi connectivity index (χ0v) is 25.7. The van der Waals surface area contributed by atoms with Crippen molar-refractivity contribution in [3.63, 3.8) is 0 Å². The standard InChI is InChI=1S/C34H38N8O3/c1-5-33(43)38-26-12-9-13-28(20-26)42(34(44)37-24(2)25-10-7-6-8-11-25)32-22-31(35-23-36-32)39-29-15-14-27(21-30(29)45-4)41-18-16-40(3)17-19-41/h5-15,20-24H,1,16-19H2,2-4H3,(H,37,44)(H,38,43)(H,35,36,39)/t24-/m0/s1. The smallest absolute Gasteiger partial charge is 0.328 e. The summed E-state index contributed by atoms with van der Waals surface area (Å²) in [6, 6.07) is 23.7. The number of anilines is 6. The van der Waals surface area contributed by atoms with Crippen LogP contribution in [0.2, 0.25) is 0 Å². The molecular weight excluding hydrogens is 568 g/mol. The van der Waals surface area contributed by atoms with Crippen LogP contribution in [0, 0.1) is 0 Å². The summed E-state index contributed by atoms with van der Waals surface area (Å²) in [6.07, 6.45) is 2.58. The number of urea groups is 1. The van der Waals surface area contributed by atoms with Crippen molar-refractivity contribution in [2.75, 3.05) is 60.8 Å². The van der Waals surface area contributed by atoms with Gasteiger partial charge in [-0.15, -0.1) is 0 Å². The molecule has 1 aliphatic rings. The summed E-state index contributed by atoms with van der Waals surface area (Å²) in [7, 11) is 3.77. The number of benzene rings is 3. The highest BCUT2D eigenvalue weighted by Gasteiger charge is 2.23. The number of nitrogens with one attached hydrogen (secondary N) is 3. The van der Waals surface area contributed by atoms with Crippen LogP contribution in [0.5, 0.6) is 5.75 Å². The third-order valence-corrected chi connectivity index (χ3v) is 7.60. The summed E-state index contributed by atoms with van der Waals surface area (Å²) in [4.78, 5) is 40.9. The van der Waals surface area contributed by atoms with Gasteiger partial charge in [0.05, 0.1) is 24.5 Å². The van der Waals surface area contributed by atoms with E-state index in [-0.39, 0.29) is 11.9 Å². The van der Waals surface area contributed by atoms with Gasteiger partial charge < -0.3 is 30.5 Å². The van der Waals surface area contributed by atoms with Gasteiger partial charge in [-0.3, -0.25) is 4.79 Å². The molecule has 3 amide bonds. The van der Waals surface area contributed by atoms with Gasteiger partial charge >= 0.3 is 6.03 Å². The topological polar surface area (TPSA) is 115 Å². The maximum atomic E-state index is 13.9. The predicted octanol–water partition coefficient (Wildman–Crippen LogP) is 5.71. The lowest BCUT2D eigenvalue weighted by atomic mass is 10.1. The average Bonchev–Trinajstić information content (AvgIpc) is 3.06. The van der Waals surface area contributed by atoms with Crippen LogP contribution >= 0.6 is 0 Å². The normalized spacial score (nSPS) is 13.8. The number of amides is 3. The van der Waals surface area contributed by atoms with Gasteiger partial charge in [0.1, 0.15) is 23.7 Å². The van der Waals surface area contributed by atoms with Gasteiger partial charge in [0.25, 0.3) is 0 Å². The van der Waals surface area contributed by atoms with E-state index in [1.54, 1.807) is 37.4 Å². The lowest BCUT2D eigenvalue weighted by Crippen LogP contribution is -2.44. The van der Waals surface area contributed by atoms with Crippen molar-refractivity contribution < 1.29 is 14.3 Å². The van der Waals surface area contributed by atoms with Gasteiger partial charge in [-0.2, -0.15) is 0 Å². The SMILES string of the molecule is C=CC(=O)Nc1cccc(N(C(=O)N[C@@H](C)c2ccccc2)c2cc(Nc3ccc(N4CCN(C)CC4)cc3OC)ncn2)c1. The quantitative estimate of drug-likeness (QED) is 0.197. The molecule has 45 heavy (non-hydrogen) atoms. The van der Waals surface area contributed by atoms with Gasteiger partial charge in [-0.1, -0.05) is 43.0 Å². The largest absolute Gasteiger partial charge is 0.494 e. The molecular formula is C34H38N8O3. The predicted molar refractivity (Wildman–Crippen MR) is 179 cm³/mol. The Bertz CT molecular complexity index is 1640. The number of aromatic nitrogens is 2. The Morgan fingerprint density at radius 1 is 0.978 bits per heavy atom. The second-order valence-corrected chi connectivity index (χ2v) is 10.7. The molecule has 1 atom stereocenters. The molecule has 5 rings (SSSR count). The summed E-state index contributed by atoms with van der Waals surface area (Å²) in [6.45, 7) is 9.33.